The molecular formula is C20H24N4O2S. The largest absolute Gasteiger partial charge is 0.396 e. The minimum atomic E-state index is -0.0434. The maximum absolute atomic E-state index is 12.1. The third kappa shape index (κ3) is 4.21. The molecule has 0 bridgehead atoms. The van der Waals surface area contributed by atoms with Crippen molar-refractivity contribution in [3.05, 3.63) is 63.5 Å². The lowest BCUT2D eigenvalue weighted by Gasteiger charge is -2.31. The fourth-order valence-corrected chi connectivity index (χ4v) is 4.30. The van der Waals surface area contributed by atoms with Crippen LogP contribution in [0.4, 0.5) is 5.69 Å². The van der Waals surface area contributed by atoms with Crippen molar-refractivity contribution in [2.75, 3.05) is 25.0 Å². The fraction of sp³-hybridized carbons (Fsp3) is 0.400. The first kappa shape index (κ1) is 18.2. The van der Waals surface area contributed by atoms with E-state index in [4.69, 9.17) is 0 Å². The van der Waals surface area contributed by atoms with Crippen molar-refractivity contribution in [2.24, 2.45) is 5.92 Å². The van der Waals surface area contributed by atoms with Crippen molar-refractivity contribution in [1.82, 2.24) is 14.3 Å². The summed E-state index contributed by atoms with van der Waals surface area (Å²) in [4.78, 5) is 19.9. The minimum Gasteiger partial charge on any atom is -0.396 e. The van der Waals surface area contributed by atoms with E-state index in [0.717, 1.165) is 48.8 Å². The molecule has 3 aromatic rings. The molecule has 2 N–H and O–H groups in total. The van der Waals surface area contributed by atoms with E-state index >= 15 is 0 Å². The number of aliphatic hydroxyl groups is 1. The number of para-hydroxylation sites is 1. The van der Waals surface area contributed by atoms with Gasteiger partial charge in [0, 0.05) is 36.5 Å². The summed E-state index contributed by atoms with van der Waals surface area (Å²) in [6, 6.07) is 9.89. The summed E-state index contributed by atoms with van der Waals surface area (Å²) in [6.07, 6.45) is 3.86. The smallest absolute Gasteiger partial charge is 0.258 e. The van der Waals surface area contributed by atoms with E-state index in [1.165, 1.54) is 16.9 Å². The van der Waals surface area contributed by atoms with Crippen LogP contribution in [-0.2, 0) is 13.1 Å². The summed E-state index contributed by atoms with van der Waals surface area (Å²) in [5.74, 6) is 0.451. The number of nitrogens with zero attached hydrogens (tertiary/aromatic N) is 3. The number of hydrogen-bond acceptors (Lipinski definition) is 6. The fourth-order valence-electron chi connectivity index (χ4n) is 3.56. The molecule has 7 heteroatoms. The molecular weight excluding hydrogens is 360 g/mol. The molecule has 1 fully saturated rings. The number of hydrogen-bond donors (Lipinski definition) is 2. The maximum atomic E-state index is 12.1. The predicted octanol–water partition coefficient (Wildman–Crippen LogP) is 2.57. The zero-order chi connectivity index (χ0) is 18.6. The van der Waals surface area contributed by atoms with Crippen molar-refractivity contribution < 1.29 is 5.11 Å². The second-order valence-corrected chi connectivity index (χ2v) is 7.93. The molecule has 0 aliphatic carbocycles. The highest BCUT2D eigenvalue weighted by Crippen LogP contribution is 2.22. The number of nitrogens with one attached hydrogen (secondary N) is 1. The summed E-state index contributed by atoms with van der Waals surface area (Å²) >= 11 is 1.47. The van der Waals surface area contributed by atoms with Crippen LogP contribution < -0.4 is 10.9 Å². The van der Waals surface area contributed by atoms with Gasteiger partial charge in [-0.1, -0.05) is 18.2 Å². The highest BCUT2D eigenvalue weighted by atomic mass is 32.1. The van der Waals surface area contributed by atoms with Crippen LogP contribution in [0.5, 0.6) is 0 Å². The van der Waals surface area contributed by atoms with Crippen LogP contribution in [-0.4, -0.2) is 39.1 Å². The molecule has 0 atom stereocenters. The van der Waals surface area contributed by atoms with Gasteiger partial charge in [0.15, 0.2) is 4.96 Å². The summed E-state index contributed by atoms with van der Waals surface area (Å²) in [7, 11) is 0. The molecule has 1 aliphatic heterocycles. The van der Waals surface area contributed by atoms with E-state index in [1.54, 1.807) is 16.7 Å². The molecule has 1 aromatic carbocycles. The van der Waals surface area contributed by atoms with Gasteiger partial charge in [0.1, 0.15) is 0 Å². The molecule has 142 valence electrons. The zero-order valence-electron chi connectivity index (χ0n) is 15.2. The topological polar surface area (TPSA) is 69.9 Å². The molecule has 4 rings (SSSR count). The second-order valence-electron chi connectivity index (χ2n) is 7.05. The first-order chi connectivity index (χ1) is 13.2. The Morgan fingerprint density at radius 2 is 2.07 bits per heavy atom. The van der Waals surface area contributed by atoms with Crippen LogP contribution in [0.25, 0.3) is 4.96 Å². The van der Waals surface area contributed by atoms with Gasteiger partial charge in [-0.05, 0) is 43.5 Å². The Hall–Kier alpha value is -2.22. The Morgan fingerprint density at radius 1 is 1.26 bits per heavy atom. The van der Waals surface area contributed by atoms with E-state index in [0.29, 0.717) is 19.1 Å². The lowest BCUT2D eigenvalue weighted by Crippen LogP contribution is -2.34. The van der Waals surface area contributed by atoms with Gasteiger partial charge in [0.25, 0.3) is 5.56 Å². The average Bonchev–Trinajstić information content (AvgIpc) is 3.17. The normalized spacial score (nSPS) is 16.0. The summed E-state index contributed by atoms with van der Waals surface area (Å²) in [6.45, 7) is 3.75. The third-order valence-electron chi connectivity index (χ3n) is 5.19. The quantitative estimate of drug-likeness (QED) is 0.684. The number of anilines is 1. The van der Waals surface area contributed by atoms with Crippen molar-refractivity contribution in [3.8, 4) is 0 Å². The lowest BCUT2D eigenvalue weighted by molar-refractivity contribution is 0.127. The molecule has 1 aliphatic rings. The Bertz CT molecular complexity index is 960. The number of aliphatic hydroxyl groups excluding tert-OH is 1. The highest BCUT2D eigenvalue weighted by Gasteiger charge is 2.19. The van der Waals surface area contributed by atoms with Gasteiger partial charge in [0.2, 0.25) is 0 Å². The molecule has 0 unspecified atom stereocenters. The number of rotatable bonds is 6. The number of fused-ring (bicyclic) bond motifs is 1. The SMILES string of the molecule is O=c1cc(CNc2ccccc2CN2CCC(CO)CC2)nc2sccn12. The van der Waals surface area contributed by atoms with E-state index < -0.39 is 0 Å². The molecule has 6 nitrogen and oxygen atoms in total. The lowest BCUT2D eigenvalue weighted by atomic mass is 9.97. The molecule has 0 amide bonds. The standard InChI is InChI=1S/C20H24N4O2S/c25-14-15-5-7-23(8-6-15)13-16-3-1-2-4-18(16)21-12-17-11-19(26)24-9-10-27-20(24)22-17/h1-4,9-11,15,21,25H,5-8,12-14H2. The molecule has 2 aromatic heterocycles. The summed E-state index contributed by atoms with van der Waals surface area (Å²) in [5.41, 5.74) is 3.03. The zero-order valence-corrected chi connectivity index (χ0v) is 16.0. The first-order valence-electron chi connectivity index (χ1n) is 9.33. The molecule has 3 heterocycles. The summed E-state index contributed by atoms with van der Waals surface area (Å²) < 4.78 is 1.57. The highest BCUT2D eigenvalue weighted by molar-refractivity contribution is 7.15. The van der Waals surface area contributed by atoms with Gasteiger partial charge in [-0.25, -0.2) is 4.98 Å². The van der Waals surface area contributed by atoms with E-state index in [-0.39, 0.29) is 5.56 Å². The van der Waals surface area contributed by atoms with Crippen molar-refractivity contribution in [3.63, 3.8) is 0 Å². The van der Waals surface area contributed by atoms with Gasteiger partial charge < -0.3 is 10.4 Å². The van der Waals surface area contributed by atoms with Crippen LogP contribution in [0.1, 0.15) is 24.1 Å². The van der Waals surface area contributed by atoms with Crippen LogP contribution in [0, 0.1) is 5.92 Å². The van der Waals surface area contributed by atoms with E-state index in [2.05, 4.69) is 33.4 Å². The number of aromatic nitrogens is 2. The third-order valence-corrected chi connectivity index (χ3v) is 5.95. The van der Waals surface area contributed by atoms with E-state index in [9.17, 15) is 9.90 Å². The van der Waals surface area contributed by atoms with Crippen molar-refractivity contribution >= 4 is 22.0 Å². The van der Waals surface area contributed by atoms with Crippen LogP contribution in [0.15, 0.2) is 46.7 Å². The van der Waals surface area contributed by atoms with Gasteiger partial charge >= 0.3 is 0 Å². The number of piperidine rings is 1. The Kier molecular flexibility index (Phi) is 5.52. The van der Waals surface area contributed by atoms with Crippen LogP contribution in [0.2, 0.25) is 0 Å². The van der Waals surface area contributed by atoms with Crippen molar-refractivity contribution in [2.45, 2.75) is 25.9 Å². The van der Waals surface area contributed by atoms with Crippen molar-refractivity contribution in [1.29, 1.82) is 0 Å². The van der Waals surface area contributed by atoms with Gasteiger partial charge in [-0.2, -0.15) is 0 Å². The van der Waals surface area contributed by atoms with E-state index in [1.807, 2.05) is 11.4 Å². The minimum absolute atomic E-state index is 0.0434. The number of likely N-dealkylation sites (tertiary alicyclic amines) is 1. The maximum Gasteiger partial charge on any atom is 0.258 e. The molecule has 1 saturated heterocycles. The molecule has 0 saturated carbocycles. The Labute approximate surface area is 162 Å². The Morgan fingerprint density at radius 3 is 2.89 bits per heavy atom. The second kappa shape index (κ2) is 8.21. The summed E-state index contributed by atoms with van der Waals surface area (Å²) in [5, 5.41) is 14.6. The monoisotopic (exact) mass is 384 g/mol. The Balaban J connectivity index is 1.44. The number of thiazole rings is 1. The van der Waals surface area contributed by atoms with Crippen LogP contribution in [0.3, 0.4) is 0 Å². The molecule has 0 radical (unpaired) electrons. The van der Waals surface area contributed by atoms with Gasteiger partial charge in [-0.3, -0.25) is 14.1 Å². The van der Waals surface area contributed by atoms with Crippen LogP contribution >= 0.6 is 11.3 Å². The molecule has 27 heavy (non-hydrogen) atoms. The first-order valence-corrected chi connectivity index (χ1v) is 10.2. The van der Waals surface area contributed by atoms with Gasteiger partial charge in [0.05, 0.1) is 12.2 Å². The average molecular weight is 385 g/mol. The molecule has 0 spiro atoms. The number of benzene rings is 1. The predicted molar refractivity (Wildman–Crippen MR) is 108 cm³/mol. The van der Waals surface area contributed by atoms with Gasteiger partial charge in [-0.15, -0.1) is 11.3 Å².